The fraction of sp³-hybridized carbons (Fsp3) is 0.435. The van der Waals surface area contributed by atoms with E-state index in [4.69, 9.17) is 4.74 Å². The second-order valence-electron chi connectivity index (χ2n) is 8.97. The highest BCUT2D eigenvalue weighted by atomic mass is 19.1. The number of anilines is 1. The molecule has 0 bridgehead atoms. The Morgan fingerprint density at radius 2 is 2.13 bits per heavy atom. The molecule has 1 saturated heterocycles. The van der Waals surface area contributed by atoms with E-state index in [0.29, 0.717) is 26.1 Å². The second kappa shape index (κ2) is 8.17. The number of rotatable bonds is 4. The average Bonchev–Trinajstić information content (AvgIpc) is 3.31. The van der Waals surface area contributed by atoms with E-state index in [-0.39, 0.29) is 0 Å². The van der Waals surface area contributed by atoms with Crippen LogP contribution in [0.3, 0.4) is 0 Å². The zero-order chi connectivity index (χ0) is 22.2. The van der Waals surface area contributed by atoms with Crippen LogP contribution in [0.1, 0.15) is 38.3 Å². The van der Waals surface area contributed by atoms with Gasteiger partial charge in [-0.25, -0.2) is 18.7 Å². The molecule has 7 nitrogen and oxygen atoms in total. The molecule has 1 aromatic carbocycles. The van der Waals surface area contributed by atoms with Gasteiger partial charge < -0.3 is 15.0 Å². The number of carbonyl (C=O) groups excluding carboxylic acids is 1. The summed E-state index contributed by atoms with van der Waals surface area (Å²) in [5.74, 6) is 0. The standard InChI is InChI=1S/C23H28FN5O2/c1-15-9-16(5-6-17(15)11-25-22(30)31-23(2,3)4)21-20-10-19(13-29(20)27-14-26-21)28-8-7-18(24)12-28/h5-6,9-10,13-14,18H,7-8,11-12H2,1-4H3,(H,25,30). The van der Waals surface area contributed by atoms with E-state index in [1.165, 1.54) is 6.33 Å². The van der Waals surface area contributed by atoms with Crippen molar-refractivity contribution in [3.63, 3.8) is 0 Å². The first-order valence-electron chi connectivity index (χ1n) is 10.5. The summed E-state index contributed by atoms with van der Waals surface area (Å²) in [6.07, 6.45) is 2.79. The molecule has 1 unspecified atom stereocenters. The zero-order valence-corrected chi connectivity index (χ0v) is 18.4. The number of halogens is 1. The van der Waals surface area contributed by atoms with Crippen LogP contribution in [0, 0.1) is 6.92 Å². The third-order valence-corrected chi connectivity index (χ3v) is 5.33. The van der Waals surface area contributed by atoms with Gasteiger partial charge in [-0.15, -0.1) is 0 Å². The summed E-state index contributed by atoms with van der Waals surface area (Å²) in [4.78, 5) is 18.5. The number of nitrogens with one attached hydrogen (secondary N) is 1. The quantitative estimate of drug-likeness (QED) is 0.676. The SMILES string of the molecule is Cc1cc(-c2ncnn3cc(N4CCC(F)C4)cc23)ccc1CNC(=O)OC(C)(C)C. The number of benzene rings is 1. The van der Waals surface area contributed by atoms with Crippen molar-refractivity contribution < 1.29 is 13.9 Å². The molecule has 0 radical (unpaired) electrons. The van der Waals surface area contributed by atoms with Crippen LogP contribution in [-0.4, -0.2) is 45.6 Å². The largest absolute Gasteiger partial charge is 0.444 e. The summed E-state index contributed by atoms with van der Waals surface area (Å²) >= 11 is 0. The summed E-state index contributed by atoms with van der Waals surface area (Å²) in [5, 5.41) is 7.12. The molecule has 0 saturated carbocycles. The Balaban J connectivity index is 1.55. The van der Waals surface area contributed by atoms with E-state index in [1.54, 1.807) is 4.52 Å². The van der Waals surface area contributed by atoms with Gasteiger partial charge in [0.15, 0.2) is 0 Å². The van der Waals surface area contributed by atoms with E-state index in [1.807, 2.05) is 57.0 Å². The molecule has 31 heavy (non-hydrogen) atoms. The lowest BCUT2D eigenvalue weighted by Gasteiger charge is -2.20. The van der Waals surface area contributed by atoms with Gasteiger partial charge in [-0.2, -0.15) is 5.10 Å². The van der Waals surface area contributed by atoms with Crippen LogP contribution in [0.15, 0.2) is 36.8 Å². The van der Waals surface area contributed by atoms with Crippen molar-refractivity contribution in [2.45, 2.75) is 52.4 Å². The minimum Gasteiger partial charge on any atom is -0.444 e. The molecule has 1 aliphatic rings. The van der Waals surface area contributed by atoms with Crippen LogP contribution >= 0.6 is 0 Å². The summed E-state index contributed by atoms with van der Waals surface area (Å²) in [7, 11) is 0. The van der Waals surface area contributed by atoms with Gasteiger partial charge in [0, 0.05) is 25.2 Å². The van der Waals surface area contributed by atoms with Gasteiger partial charge >= 0.3 is 6.09 Å². The van der Waals surface area contributed by atoms with Gasteiger partial charge in [0.1, 0.15) is 18.1 Å². The van der Waals surface area contributed by atoms with Crippen LogP contribution in [-0.2, 0) is 11.3 Å². The van der Waals surface area contributed by atoms with Crippen LogP contribution in [0.2, 0.25) is 0 Å². The first-order chi connectivity index (χ1) is 14.7. The van der Waals surface area contributed by atoms with E-state index < -0.39 is 17.9 Å². The average molecular weight is 426 g/mol. The minimum atomic E-state index is -0.780. The lowest BCUT2D eigenvalue weighted by Crippen LogP contribution is -2.32. The first kappa shape index (κ1) is 21.1. The maximum Gasteiger partial charge on any atom is 0.407 e. The molecule has 1 fully saturated rings. The predicted molar refractivity (Wildman–Crippen MR) is 118 cm³/mol. The van der Waals surface area contributed by atoms with Gasteiger partial charge in [-0.1, -0.05) is 12.1 Å². The fourth-order valence-electron chi connectivity index (χ4n) is 3.79. The highest BCUT2D eigenvalue weighted by molar-refractivity contribution is 5.80. The third kappa shape index (κ3) is 4.78. The number of fused-ring (bicyclic) bond motifs is 1. The van der Waals surface area contributed by atoms with Crippen molar-refractivity contribution in [1.82, 2.24) is 19.9 Å². The van der Waals surface area contributed by atoms with E-state index in [0.717, 1.165) is 33.6 Å². The predicted octanol–water partition coefficient (Wildman–Crippen LogP) is 4.28. The minimum absolute atomic E-state index is 0.384. The van der Waals surface area contributed by atoms with Gasteiger partial charge in [0.05, 0.1) is 23.1 Å². The Labute approximate surface area is 181 Å². The van der Waals surface area contributed by atoms with Crippen molar-refractivity contribution in [1.29, 1.82) is 0 Å². The molecule has 4 rings (SSSR count). The highest BCUT2D eigenvalue weighted by Gasteiger charge is 2.23. The van der Waals surface area contributed by atoms with Crippen LogP contribution in [0.4, 0.5) is 14.9 Å². The van der Waals surface area contributed by atoms with Gasteiger partial charge in [-0.05, 0) is 57.4 Å². The normalized spacial score (nSPS) is 16.7. The van der Waals surface area contributed by atoms with Crippen molar-refractivity contribution in [3.8, 4) is 11.3 Å². The molecule has 0 spiro atoms. The highest BCUT2D eigenvalue weighted by Crippen LogP contribution is 2.30. The second-order valence-corrected chi connectivity index (χ2v) is 8.97. The Bertz CT molecular complexity index is 1110. The molecule has 2 aromatic heterocycles. The number of aromatic nitrogens is 3. The molecule has 1 N–H and O–H groups in total. The Morgan fingerprint density at radius 3 is 2.81 bits per heavy atom. The molecule has 1 aliphatic heterocycles. The van der Waals surface area contributed by atoms with Crippen molar-refractivity contribution in [3.05, 3.63) is 47.9 Å². The molecule has 1 amide bonds. The Morgan fingerprint density at radius 1 is 1.32 bits per heavy atom. The summed E-state index contributed by atoms with van der Waals surface area (Å²) in [6, 6.07) is 8.04. The summed E-state index contributed by atoms with van der Waals surface area (Å²) in [5.41, 5.74) is 5.11. The number of hydrogen-bond donors (Lipinski definition) is 1. The molecule has 3 aromatic rings. The summed E-state index contributed by atoms with van der Waals surface area (Å²) < 4.78 is 20.7. The third-order valence-electron chi connectivity index (χ3n) is 5.33. The van der Waals surface area contributed by atoms with E-state index >= 15 is 0 Å². The molecular formula is C23H28FN5O2. The fourth-order valence-corrected chi connectivity index (χ4v) is 3.79. The van der Waals surface area contributed by atoms with Crippen molar-refractivity contribution in [2.75, 3.05) is 18.0 Å². The van der Waals surface area contributed by atoms with Gasteiger partial charge in [0.2, 0.25) is 0 Å². The molecular weight excluding hydrogens is 397 g/mol. The molecule has 0 aliphatic carbocycles. The Kier molecular flexibility index (Phi) is 5.56. The lowest BCUT2D eigenvalue weighted by atomic mass is 10.0. The monoisotopic (exact) mass is 425 g/mol. The molecule has 3 heterocycles. The van der Waals surface area contributed by atoms with Crippen molar-refractivity contribution in [2.24, 2.45) is 0 Å². The lowest BCUT2D eigenvalue weighted by molar-refractivity contribution is 0.0523. The number of carbonyl (C=O) groups is 1. The maximum absolute atomic E-state index is 13.6. The smallest absolute Gasteiger partial charge is 0.407 e. The number of amides is 1. The maximum atomic E-state index is 13.6. The number of aryl methyl sites for hydroxylation is 1. The van der Waals surface area contributed by atoms with Crippen molar-refractivity contribution >= 4 is 17.3 Å². The van der Waals surface area contributed by atoms with Crippen LogP contribution < -0.4 is 10.2 Å². The van der Waals surface area contributed by atoms with Crippen LogP contribution in [0.5, 0.6) is 0 Å². The van der Waals surface area contributed by atoms with Crippen LogP contribution in [0.25, 0.3) is 16.8 Å². The molecule has 164 valence electrons. The number of alkyl carbamates (subject to hydrolysis) is 1. The Hall–Kier alpha value is -3.16. The summed E-state index contributed by atoms with van der Waals surface area (Å²) in [6.45, 7) is 9.01. The molecule has 8 heteroatoms. The number of ether oxygens (including phenoxy) is 1. The number of nitrogens with zero attached hydrogens (tertiary/aromatic N) is 4. The van der Waals surface area contributed by atoms with Gasteiger partial charge in [-0.3, -0.25) is 0 Å². The van der Waals surface area contributed by atoms with E-state index in [9.17, 15) is 9.18 Å². The van der Waals surface area contributed by atoms with E-state index in [2.05, 4.69) is 21.5 Å². The number of hydrogen-bond acceptors (Lipinski definition) is 5. The first-order valence-corrected chi connectivity index (χ1v) is 10.5. The zero-order valence-electron chi connectivity index (χ0n) is 18.4. The molecule has 1 atom stereocenters. The topological polar surface area (TPSA) is 71.8 Å². The van der Waals surface area contributed by atoms with Gasteiger partial charge in [0.25, 0.3) is 0 Å². The number of alkyl halides is 1.